The summed E-state index contributed by atoms with van der Waals surface area (Å²) in [7, 11) is 0. The lowest BCUT2D eigenvalue weighted by Crippen LogP contribution is -2.37. The Morgan fingerprint density at radius 2 is 2.08 bits per heavy atom. The van der Waals surface area contributed by atoms with Gasteiger partial charge in [0.05, 0.1) is 19.2 Å². The highest BCUT2D eigenvalue weighted by Crippen LogP contribution is 2.17. The molecule has 0 bridgehead atoms. The van der Waals surface area contributed by atoms with E-state index in [-0.39, 0.29) is 29.7 Å². The second-order valence-electron chi connectivity index (χ2n) is 9.56. The quantitative estimate of drug-likeness (QED) is 0.400. The second kappa shape index (κ2) is 14.2. The van der Waals surface area contributed by atoms with E-state index >= 15 is 0 Å². The summed E-state index contributed by atoms with van der Waals surface area (Å²) in [5.41, 5.74) is 1.27. The summed E-state index contributed by atoms with van der Waals surface area (Å²) < 4.78 is 13.4. The molecule has 0 aliphatic carbocycles. The van der Waals surface area contributed by atoms with Crippen LogP contribution in [0.5, 0.6) is 0 Å². The van der Waals surface area contributed by atoms with Gasteiger partial charge in [0.25, 0.3) is 5.91 Å². The Labute approximate surface area is 215 Å². The van der Waals surface area contributed by atoms with Crippen LogP contribution in [-0.2, 0) is 22.6 Å². The zero-order chi connectivity index (χ0) is 25.9. The Hall–Kier alpha value is -2.65. The van der Waals surface area contributed by atoms with Crippen molar-refractivity contribution in [2.24, 2.45) is 0 Å². The smallest absolute Gasteiger partial charge is 0.273 e. The average Bonchev–Trinajstić information content (AvgIpc) is 3.64. The first kappa shape index (κ1) is 27.9. The van der Waals surface area contributed by atoms with Gasteiger partial charge in [0.1, 0.15) is 6.26 Å². The van der Waals surface area contributed by atoms with Crippen molar-refractivity contribution in [1.29, 1.82) is 0 Å². The van der Waals surface area contributed by atoms with Crippen LogP contribution in [0.2, 0.25) is 0 Å². The number of hydrogen-bond donors (Lipinski definition) is 1. The number of nitrogens with zero attached hydrogens (tertiary/aromatic N) is 4. The highest BCUT2D eigenvalue weighted by Gasteiger charge is 2.23. The van der Waals surface area contributed by atoms with Gasteiger partial charge in [0, 0.05) is 37.5 Å². The number of carbonyl (C=O) groups excluding carboxylic acids is 2. The standard InChI is InChI=1S/C27H43N5O4/c1-5-26(33)32(18-23-13-10-16-35-23)17-22-12-9-15-31(22)19-25-29-24(20-36-25)27(34)28-21(4)11-8-14-30(6-2)7-3/h9,12,15,20-21,23H,5-8,10-11,13-14,16-19H2,1-4H3,(H,28,34). The van der Waals surface area contributed by atoms with Crippen molar-refractivity contribution in [2.75, 3.05) is 32.8 Å². The van der Waals surface area contributed by atoms with Gasteiger partial charge in [-0.3, -0.25) is 9.59 Å². The van der Waals surface area contributed by atoms with Crippen LogP contribution in [0.1, 0.15) is 81.9 Å². The van der Waals surface area contributed by atoms with Crippen molar-refractivity contribution in [3.8, 4) is 0 Å². The fraction of sp³-hybridized carbons (Fsp3) is 0.667. The first-order valence-corrected chi connectivity index (χ1v) is 13.4. The number of aromatic nitrogens is 2. The number of rotatable bonds is 15. The van der Waals surface area contributed by atoms with Gasteiger partial charge in [-0.1, -0.05) is 20.8 Å². The molecule has 2 unspecified atom stereocenters. The maximum absolute atomic E-state index is 12.7. The SMILES string of the molecule is CCC(=O)N(Cc1cccn1Cc1nc(C(=O)NC(C)CCCN(CC)CC)co1)CC1CCCO1. The molecule has 1 aliphatic rings. The number of hydrogen-bond acceptors (Lipinski definition) is 6. The molecule has 200 valence electrons. The lowest BCUT2D eigenvalue weighted by atomic mass is 10.1. The van der Waals surface area contributed by atoms with Gasteiger partial charge in [-0.2, -0.15) is 0 Å². The first-order chi connectivity index (χ1) is 17.4. The van der Waals surface area contributed by atoms with Gasteiger partial charge in [-0.05, 0) is 64.4 Å². The Bertz CT molecular complexity index is 946. The van der Waals surface area contributed by atoms with E-state index in [0.717, 1.165) is 57.6 Å². The predicted octanol–water partition coefficient (Wildman–Crippen LogP) is 3.68. The van der Waals surface area contributed by atoms with Crippen LogP contribution in [0.25, 0.3) is 0 Å². The maximum atomic E-state index is 12.7. The summed E-state index contributed by atoms with van der Waals surface area (Å²) in [4.78, 5) is 33.9. The van der Waals surface area contributed by atoms with Crippen LogP contribution < -0.4 is 5.32 Å². The first-order valence-electron chi connectivity index (χ1n) is 13.4. The van der Waals surface area contributed by atoms with Crippen molar-refractivity contribution in [2.45, 2.75) is 85.0 Å². The second-order valence-corrected chi connectivity index (χ2v) is 9.56. The van der Waals surface area contributed by atoms with Gasteiger partial charge in [-0.25, -0.2) is 4.98 Å². The molecule has 1 fully saturated rings. The Balaban J connectivity index is 1.54. The van der Waals surface area contributed by atoms with Crippen molar-refractivity contribution in [3.05, 3.63) is 41.9 Å². The molecule has 0 spiro atoms. The minimum Gasteiger partial charge on any atom is -0.446 e. The zero-order valence-electron chi connectivity index (χ0n) is 22.4. The molecule has 9 heteroatoms. The fourth-order valence-electron chi connectivity index (χ4n) is 4.62. The van der Waals surface area contributed by atoms with Crippen LogP contribution in [0.4, 0.5) is 0 Å². The monoisotopic (exact) mass is 501 g/mol. The third-order valence-corrected chi connectivity index (χ3v) is 6.85. The Kier molecular flexibility index (Phi) is 11.0. The van der Waals surface area contributed by atoms with E-state index in [1.54, 1.807) is 0 Å². The average molecular weight is 502 g/mol. The third-order valence-electron chi connectivity index (χ3n) is 6.85. The predicted molar refractivity (Wildman–Crippen MR) is 139 cm³/mol. The van der Waals surface area contributed by atoms with Gasteiger partial charge in [0.15, 0.2) is 5.69 Å². The summed E-state index contributed by atoms with van der Waals surface area (Å²) in [5.74, 6) is 0.350. The van der Waals surface area contributed by atoms with E-state index in [0.29, 0.717) is 31.9 Å². The molecule has 0 saturated carbocycles. The topological polar surface area (TPSA) is 92.8 Å². The summed E-state index contributed by atoms with van der Waals surface area (Å²) in [5, 5.41) is 3.03. The maximum Gasteiger partial charge on any atom is 0.273 e. The molecular formula is C27H43N5O4. The van der Waals surface area contributed by atoms with Gasteiger partial charge >= 0.3 is 0 Å². The lowest BCUT2D eigenvalue weighted by molar-refractivity contribution is -0.133. The third kappa shape index (κ3) is 8.20. The summed E-state index contributed by atoms with van der Waals surface area (Å²) in [6.07, 6.45) is 7.91. The number of nitrogens with one attached hydrogen (secondary N) is 1. The van der Waals surface area contributed by atoms with Crippen LogP contribution in [0.15, 0.2) is 29.0 Å². The van der Waals surface area contributed by atoms with Crippen molar-refractivity contribution >= 4 is 11.8 Å². The molecular weight excluding hydrogens is 458 g/mol. The molecule has 9 nitrogen and oxygen atoms in total. The molecule has 36 heavy (non-hydrogen) atoms. The van der Waals surface area contributed by atoms with Crippen molar-refractivity contribution in [3.63, 3.8) is 0 Å². The number of carbonyl (C=O) groups is 2. The molecule has 0 aromatic carbocycles. The molecule has 1 saturated heterocycles. The highest BCUT2D eigenvalue weighted by molar-refractivity contribution is 5.92. The minimum absolute atomic E-state index is 0.0650. The molecule has 0 radical (unpaired) electrons. The van der Waals surface area contributed by atoms with E-state index in [4.69, 9.17) is 9.15 Å². The van der Waals surface area contributed by atoms with Crippen LogP contribution in [-0.4, -0.2) is 76.1 Å². The fourth-order valence-corrected chi connectivity index (χ4v) is 4.62. The van der Waals surface area contributed by atoms with E-state index in [1.807, 2.05) is 41.6 Å². The zero-order valence-corrected chi connectivity index (χ0v) is 22.4. The molecule has 2 aromatic rings. The van der Waals surface area contributed by atoms with E-state index in [1.165, 1.54) is 6.26 Å². The number of amides is 2. The van der Waals surface area contributed by atoms with Crippen LogP contribution >= 0.6 is 0 Å². The summed E-state index contributed by atoms with van der Waals surface area (Å²) >= 11 is 0. The van der Waals surface area contributed by atoms with Gasteiger partial charge in [-0.15, -0.1) is 0 Å². The molecule has 3 rings (SSSR count). The summed E-state index contributed by atoms with van der Waals surface area (Å²) in [6.45, 7) is 13.6. The molecule has 2 amide bonds. The van der Waals surface area contributed by atoms with Crippen molar-refractivity contribution < 1.29 is 18.7 Å². The largest absolute Gasteiger partial charge is 0.446 e. The van der Waals surface area contributed by atoms with E-state index in [9.17, 15) is 9.59 Å². The number of oxazole rings is 1. The van der Waals surface area contributed by atoms with Crippen LogP contribution in [0.3, 0.4) is 0 Å². The van der Waals surface area contributed by atoms with Crippen molar-refractivity contribution in [1.82, 2.24) is 24.7 Å². The lowest BCUT2D eigenvalue weighted by Gasteiger charge is -2.25. The molecule has 1 N–H and O–H groups in total. The highest BCUT2D eigenvalue weighted by atomic mass is 16.5. The van der Waals surface area contributed by atoms with Gasteiger partial charge < -0.3 is 28.8 Å². The molecule has 3 heterocycles. The van der Waals surface area contributed by atoms with Gasteiger partial charge in [0.2, 0.25) is 11.8 Å². The Morgan fingerprint density at radius 3 is 2.78 bits per heavy atom. The molecule has 2 aromatic heterocycles. The normalized spacial score (nSPS) is 16.4. The van der Waals surface area contributed by atoms with E-state index in [2.05, 4.69) is 29.0 Å². The van der Waals surface area contributed by atoms with E-state index < -0.39 is 0 Å². The number of ether oxygens (including phenoxy) is 1. The summed E-state index contributed by atoms with van der Waals surface area (Å²) in [6, 6.07) is 4.02. The minimum atomic E-state index is -0.218. The Morgan fingerprint density at radius 1 is 1.28 bits per heavy atom. The molecule has 1 aliphatic heterocycles. The van der Waals surface area contributed by atoms with Crippen LogP contribution in [0, 0.1) is 0 Å². The molecule has 2 atom stereocenters.